The standard InChI is InChI=1S/C22H23N3O4/c1-4-21(27)23-17-7-5-15(6-8-17)22-18-11-20-19(28-12-29-20)10-16(18)9-13(2)25(24-22)14(3)26/h5-8,10-11,13H,4,9,12H2,1-3H3,(H,23,27). The second kappa shape index (κ2) is 7.58. The maximum absolute atomic E-state index is 12.2. The summed E-state index contributed by atoms with van der Waals surface area (Å²) in [6.07, 6.45) is 1.07. The molecule has 2 amide bonds. The van der Waals surface area contributed by atoms with Crippen molar-refractivity contribution in [2.24, 2.45) is 5.10 Å². The predicted molar refractivity (Wildman–Crippen MR) is 109 cm³/mol. The molecule has 0 aromatic heterocycles. The third-order valence-corrected chi connectivity index (χ3v) is 5.08. The van der Waals surface area contributed by atoms with Crippen LogP contribution in [0.1, 0.15) is 43.9 Å². The van der Waals surface area contributed by atoms with Gasteiger partial charge in [0.2, 0.25) is 18.6 Å². The lowest BCUT2D eigenvalue weighted by atomic mass is 9.94. The van der Waals surface area contributed by atoms with Gasteiger partial charge in [-0.2, -0.15) is 5.10 Å². The predicted octanol–water partition coefficient (Wildman–Crippen LogP) is 3.31. The average molecular weight is 393 g/mol. The summed E-state index contributed by atoms with van der Waals surface area (Å²) >= 11 is 0. The first-order valence-corrected chi connectivity index (χ1v) is 9.68. The molecular formula is C22H23N3O4. The number of benzene rings is 2. The molecule has 0 bridgehead atoms. The Morgan fingerprint density at radius 2 is 1.86 bits per heavy atom. The second-order valence-electron chi connectivity index (χ2n) is 7.21. The quantitative estimate of drug-likeness (QED) is 0.868. The van der Waals surface area contributed by atoms with E-state index in [0.717, 1.165) is 22.4 Å². The molecule has 2 heterocycles. The van der Waals surface area contributed by atoms with Gasteiger partial charge < -0.3 is 14.8 Å². The van der Waals surface area contributed by atoms with E-state index in [2.05, 4.69) is 5.32 Å². The molecule has 2 aliphatic heterocycles. The third-order valence-electron chi connectivity index (χ3n) is 5.08. The molecule has 0 saturated carbocycles. The van der Waals surface area contributed by atoms with Gasteiger partial charge in [-0.3, -0.25) is 9.59 Å². The normalized spacial score (nSPS) is 17.3. The van der Waals surface area contributed by atoms with E-state index in [1.165, 1.54) is 11.9 Å². The van der Waals surface area contributed by atoms with Crippen LogP contribution in [-0.2, 0) is 16.0 Å². The Bertz CT molecular complexity index is 998. The Kier molecular flexibility index (Phi) is 4.96. The highest BCUT2D eigenvalue weighted by molar-refractivity contribution is 6.14. The van der Waals surface area contributed by atoms with Crippen molar-refractivity contribution in [2.75, 3.05) is 12.1 Å². The molecule has 2 aromatic rings. The Labute approximate surface area is 169 Å². The fourth-order valence-electron chi connectivity index (χ4n) is 3.59. The highest BCUT2D eigenvalue weighted by atomic mass is 16.7. The minimum absolute atomic E-state index is 0.0424. The zero-order valence-electron chi connectivity index (χ0n) is 16.7. The molecular weight excluding hydrogens is 370 g/mol. The van der Waals surface area contributed by atoms with Crippen LogP contribution in [0.25, 0.3) is 0 Å². The van der Waals surface area contributed by atoms with Gasteiger partial charge in [-0.15, -0.1) is 0 Å². The summed E-state index contributed by atoms with van der Waals surface area (Å²) in [4.78, 5) is 23.9. The van der Waals surface area contributed by atoms with Crippen molar-refractivity contribution in [3.8, 4) is 11.5 Å². The van der Waals surface area contributed by atoms with Crippen LogP contribution >= 0.6 is 0 Å². The molecule has 2 aromatic carbocycles. The summed E-state index contributed by atoms with van der Waals surface area (Å²) in [5.41, 5.74) is 4.21. The molecule has 1 N–H and O–H groups in total. The Morgan fingerprint density at radius 1 is 1.17 bits per heavy atom. The number of nitrogens with zero attached hydrogens (tertiary/aromatic N) is 2. The van der Waals surface area contributed by atoms with Crippen LogP contribution in [0.15, 0.2) is 41.5 Å². The van der Waals surface area contributed by atoms with Gasteiger partial charge in [0, 0.05) is 30.2 Å². The van der Waals surface area contributed by atoms with Crippen molar-refractivity contribution in [1.82, 2.24) is 5.01 Å². The van der Waals surface area contributed by atoms with Crippen molar-refractivity contribution in [1.29, 1.82) is 0 Å². The van der Waals surface area contributed by atoms with Crippen LogP contribution in [0.5, 0.6) is 11.5 Å². The Balaban J connectivity index is 1.79. The van der Waals surface area contributed by atoms with Crippen molar-refractivity contribution < 1.29 is 19.1 Å². The lowest BCUT2D eigenvalue weighted by Crippen LogP contribution is -2.33. The summed E-state index contributed by atoms with van der Waals surface area (Å²) in [6, 6.07) is 11.3. The van der Waals surface area contributed by atoms with Crippen molar-refractivity contribution in [3.05, 3.63) is 53.1 Å². The number of rotatable bonds is 3. The first-order chi connectivity index (χ1) is 14.0. The summed E-state index contributed by atoms with van der Waals surface area (Å²) < 4.78 is 11.1. The number of carbonyl (C=O) groups excluding carboxylic acids is 2. The van der Waals surface area contributed by atoms with Gasteiger partial charge in [-0.25, -0.2) is 5.01 Å². The Hall–Kier alpha value is -3.35. The van der Waals surface area contributed by atoms with E-state index in [-0.39, 0.29) is 24.6 Å². The molecule has 7 nitrogen and oxygen atoms in total. The lowest BCUT2D eigenvalue weighted by Gasteiger charge is -2.21. The zero-order valence-corrected chi connectivity index (χ0v) is 16.7. The number of hydrazone groups is 1. The van der Waals surface area contributed by atoms with Gasteiger partial charge >= 0.3 is 0 Å². The van der Waals surface area contributed by atoms with Gasteiger partial charge in [-0.1, -0.05) is 19.1 Å². The molecule has 29 heavy (non-hydrogen) atoms. The molecule has 1 atom stereocenters. The molecule has 150 valence electrons. The van der Waals surface area contributed by atoms with Crippen molar-refractivity contribution in [2.45, 2.75) is 39.7 Å². The largest absolute Gasteiger partial charge is 0.454 e. The van der Waals surface area contributed by atoms with E-state index < -0.39 is 0 Å². The van der Waals surface area contributed by atoms with Gasteiger partial charge in [0.05, 0.1) is 11.8 Å². The van der Waals surface area contributed by atoms with Crippen molar-refractivity contribution in [3.63, 3.8) is 0 Å². The summed E-state index contributed by atoms with van der Waals surface area (Å²) in [5.74, 6) is 1.23. The van der Waals surface area contributed by atoms with Crippen molar-refractivity contribution >= 4 is 23.2 Å². The van der Waals surface area contributed by atoms with Gasteiger partial charge in [0.1, 0.15) is 0 Å². The zero-order chi connectivity index (χ0) is 20.5. The van der Waals surface area contributed by atoms with Crippen LogP contribution in [0.3, 0.4) is 0 Å². The summed E-state index contributed by atoms with van der Waals surface area (Å²) in [5, 5.41) is 9.08. The van der Waals surface area contributed by atoms with E-state index in [1.807, 2.05) is 50.2 Å². The Morgan fingerprint density at radius 3 is 2.52 bits per heavy atom. The monoisotopic (exact) mass is 393 g/mol. The molecule has 4 rings (SSSR count). The number of amides is 2. The van der Waals surface area contributed by atoms with Crippen LogP contribution in [0, 0.1) is 0 Å². The van der Waals surface area contributed by atoms with E-state index in [0.29, 0.717) is 30.1 Å². The molecule has 2 aliphatic rings. The lowest BCUT2D eigenvalue weighted by molar-refractivity contribution is -0.130. The average Bonchev–Trinajstić information content (AvgIpc) is 3.10. The smallest absolute Gasteiger partial charge is 0.239 e. The summed E-state index contributed by atoms with van der Waals surface area (Å²) in [6.45, 7) is 5.50. The molecule has 1 unspecified atom stereocenters. The highest BCUT2D eigenvalue weighted by Crippen LogP contribution is 2.37. The molecule has 0 spiro atoms. The van der Waals surface area contributed by atoms with Gasteiger partial charge in [0.25, 0.3) is 0 Å². The SMILES string of the molecule is CCC(=O)Nc1ccc(C2=NN(C(C)=O)C(C)Cc3cc4c(cc32)OCO4)cc1. The minimum atomic E-state index is -0.116. The fraction of sp³-hybridized carbons (Fsp3) is 0.318. The van der Waals surface area contributed by atoms with Crippen LogP contribution < -0.4 is 14.8 Å². The minimum Gasteiger partial charge on any atom is -0.454 e. The van der Waals surface area contributed by atoms with E-state index in [9.17, 15) is 9.59 Å². The van der Waals surface area contributed by atoms with Crippen LogP contribution in [0.4, 0.5) is 5.69 Å². The fourth-order valence-corrected chi connectivity index (χ4v) is 3.59. The molecule has 0 fully saturated rings. The maximum Gasteiger partial charge on any atom is 0.239 e. The topological polar surface area (TPSA) is 80.2 Å². The number of nitrogens with one attached hydrogen (secondary N) is 1. The summed E-state index contributed by atoms with van der Waals surface area (Å²) in [7, 11) is 0. The van der Waals surface area contributed by atoms with E-state index in [1.54, 1.807) is 0 Å². The van der Waals surface area contributed by atoms with Gasteiger partial charge in [-0.05, 0) is 43.2 Å². The molecule has 0 radical (unpaired) electrons. The third kappa shape index (κ3) is 3.68. The number of fused-ring (bicyclic) bond motifs is 2. The number of ether oxygens (including phenoxy) is 2. The van der Waals surface area contributed by atoms with E-state index >= 15 is 0 Å². The molecule has 7 heteroatoms. The number of hydrogen-bond donors (Lipinski definition) is 1. The molecule has 0 saturated heterocycles. The number of anilines is 1. The molecule has 0 aliphatic carbocycles. The maximum atomic E-state index is 12.2. The number of carbonyl (C=O) groups is 2. The first kappa shape index (κ1) is 19.0. The van der Waals surface area contributed by atoms with Crippen LogP contribution in [0.2, 0.25) is 0 Å². The van der Waals surface area contributed by atoms with Crippen LogP contribution in [-0.4, -0.2) is 35.4 Å². The van der Waals surface area contributed by atoms with Gasteiger partial charge in [0.15, 0.2) is 11.5 Å². The highest BCUT2D eigenvalue weighted by Gasteiger charge is 2.28. The first-order valence-electron chi connectivity index (χ1n) is 9.68. The number of hydrogen-bond acceptors (Lipinski definition) is 5. The second-order valence-corrected chi connectivity index (χ2v) is 7.21. The van der Waals surface area contributed by atoms with E-state index in [4.69, 9.17) is 14.6 Å².